The molecule has 1 unspecified atom stereocenters. The highest BCUT2D eigenvalue weighted by Gasteiger charge is 2.26. The van der Waals surface area contributed by atoms with Gasteiger partial charge in [-0.2, -0.15) is 5.10 Å². The molecule has 0 aliphatic rings. The molecule has 104 valence electrons. The maximum atomic E-state index is 10.2. The molecule has 1 atom stereocenters. The Bertz CT molecular complexity index is 366. The summed E-state index contributed by atoms with van der Waals surface area (Å²) in [7, 11) is 6.96. The van der Waals surface area contributed by atoms with E-state index in [-0.39, 0.29) is 0 Å². The van der Waals surface area contributed by atoms with Gasteiger partial charge in [-0.1, -0.05) is 0 Å². The largest absolute Gasteiger partial charge is 0.381 e. The number of methoxy groups -OCH3 is 2. The van der Waals surface area contributed by atoms with E-state index in [1.165, 1.54) is 14.2 Å². The monoisotopic (exact) mass is 321 g/mol. The Hall–Kier alpha value is -0.470. The van der Waals surface area contributed by atoms with Crippen molar-refractivity contribution in [1.29, 1.82) is 0 Å². The van der Waals surface area contributed by atoms with E-state index in [0.29, 0.717) is 12.2 Å². The predicted molar refractivity (Wildman–Crippen MR) is 71.2 cm³/mol. The molecule has 1 aromatic rings. The Morgan fingerprint density at radius 1 is 1.44 bits per heavy atom. The lowest BCUT2D eigenvalue weighted by Crippen LogP contribution is -2.27. The lowest BCUT2D eigenvalue weighted by molar-refractivity contribution is -0.168. The van der Waals surface area contributed by atoms with E-state index in [2.05, 4.69) is 25.9 Å². The van der Waals surface area contributed by atoms with Crippen LogP contribution in [0.4, 0.5) is 0 Å². The Morgan fingerprint density at radius 2 is 2.06 bits per heavy atom. The topological polar surface area (TPSA) is 59.8 Å². The molecule has 1 aromatic heterocycles. The molecule has 0 spiro atoms. The zero-order valence-corrected chi connectivity index (χ0v) is 12.7. The van der Waals surface area contributed by atoms with Crippen LogP contribution in [0.15, 0.2) is 10.7 Å². The highest BCUT2D eigenvalue weighted by Crippen LogP contribution is 2.27. The maximum absolute atomic E-state index is 10.2. The average molecular weight is 322 g/mol. The minimum atomic E-state index is -0.890. The van der Waals surface area contributed by atoms with Crippen LogP contribution < -0.4 is 0 Å². The molecule has 0 aliphatic heterocycles. The second-order valence-electron chi connectivity index (χ2n) is 4.19. The Balaban J connectivity index is 2.89. The van der Waals surface area contributed by atoms with Crippen LogP contribution in [0.1, 0.15) is 11.8 Å². The van der Waals surface area contributed by atoms with Crippen LogP contribution >= 0.6 is 15.9 Å². The predicted octanol–water partition coefficient (Wildman–Crippen LogP) is 0.859. The molecular weight excluding hydrogens is 302 g/mol. The van der Waals surface area contributed by atoms with Gasteiger partial charge < -0.3 is 19.5 Å². The summed E-state index contributed by atoms with van der Waals surface area (Å²) in [5.41, 5.74) is 0.658. The number of aliphatic hydroxyl groups is 1. The molecule has 7 heteroatoms. The molecule has 0 fully saturated rings. The van der Waals surface area contributed by atoms with Gasteiger partial charge in [0.1, 0.15) is 6.10 Å². The number of nitrogens with zero attached hydrogens (tertiary/aromatic N) is 3. The van der Waals surface area contributed by atoms with Crippen LogP contribution in [0, 0.1) is 0 Å². The van der Waals surface area contributed by atoms with Crippen LogP contribution in [0.25, 0.3) is 0 Å². The number of aliphatic hydroxyl groups excluding tert-OH is 1. The summed E-state index contributed by atoms with van der Waals surface area (Å²) in [6.07, 6.45) is 0.0616. The van der Waals surface area contributed by atoms with Gasteiger partial charge in [-0.05, 0) is 30.0 Å². The Morgan fingerprint density at radius 3 is 2.56 bits per heavy atom. The molecule has 0 radical (unpaired) electrons. The summed E-state index contributed by atoms with van der Waals surface area (Å²) in [5, 5.41) is 14.5. The minimum absolute atomic E-state index is 0.658. The van der Waals surface area contributed by atoms with Crippen molar-refractivity contribution < 1.29 is 14.6 Å². The number of aromatic nitrogens is 2. The molecule has 0 aromatic carbocycles. The number of likely N-dealkylation sites (N-methyl/N-ethyl adjacent to an activating group) is 1. The number of halogens is 1. The van der Waals surface area contributed by atoms with Gasteiger partial charge in [-0.3, -0.25) is 4.68 Å². The molecule has 0 aliphatic carbocycles. The first-order chi connectivity index (χ1) is 8.51. The first kappa shape index (κ1) is 15.6. The third-order valence-corrected chi connectivity index (χ3v) is 3.21. The third-order valence-electron chi connectivity index (χ3n) is 2.59. The fourth-order valence-electron chi connectivity index (χ4n) is 1.62. The fraction of sp³-hybridized carbons (Fsp3) is 0.727. The van der Waals surface area contributed by atoms with E-state index in [0.717, 1.165) is 11.0 Å². The maximum Gasteiger partial charge on any atom is 0.188 e. The molecule has 1 N–H and O–H groups in total. The average Bonchev–Trinajstić information content (AvgIpc) is 2.69. The third kappa shape index (κ3) is 3.76. The van der Waals surface area contributed by atoms with Crippen molar-refractivity contribution in [3.8, 4) is 0 Å². The number of rotatable bonds is 7. The molecule has 0 saturated heterocycles. The zero-order chi connectivity index (χ0) is 13.7. The molecule has 0 amide bonds. The second kappa shape index (κ2) is 7.20. The van der Waals surface area contributed by atoms with Gasteiger partial charge in [0.05, 0.1) is 22.9 Å². The summed E-state index contributed by atoms with van der Waals surface area (Å²) in [6.45, 7) is 1.52. The van der Waals surface area contributed by atoms with Crippen LogP contribution in [-0.4, -0.2) is 60.9 Å². The molecule has 1 rings (SSSR count). The van der Waals surface area contributed by atoms with Crippen molar-refractivity contribution in [1.82, 2.24) is 14.7 Å². The molecule has 18 heavy (non-hydrogen) atoms. The standard InChI is InChI=1S/C11H20BrN3O3/c1-14(2)5-6-15-9(8(12)7-13-15)10(16)11(17-3)18-4/h7,10-11,16H,5-6H2,1-4H3. The van der Waals surface area contributed by atoms with E-state index in [1.54, 1.807) is 10.9 Å². The normalized spacial score (nSPS) is 13.6. The molecule has 0 saturated carbocycles. The van der Waals surface area contributed by atoms with Gasteiger partial charge >= 0.3 is 0 Å². The molecule has 1 heterocycles. The van der Waals surface area contributed by atoms with Crippen molar-refractivity contribution >= 4 is 15.9 Å². The van der Waals surface area contributed by atoms with Crippen molar-refractivity contribution in [3.05, 3.63) is 16.4 Å². The highest BCUT2D eigenvalue weighted by molar-refractivity contribution is 9.10. The van der Waals surface area contributed by atoms with Crippen LogP contribution in [0.2, 0.25) is 0 Å². The summed E-state index contributed by atoms with van der Waals surface area (Å²) in [5.74, 6) is 0. The van der Waals surface area contributed by atoms with E-state index >= 15 is 0 Å². The SMILES string of the molecule is COC(OC)C(O)c1c(Br)cnn1CCN(C)C. The second-order valence-corrected chi connectivity index (χ2v) is 5.04. The first-order valence-corrected chi connectivity index (χ1v) is 6.40. The van der Waals surface area contributed by atoms with Crippen molar-refractivity contribution in [2.45, 2.75) is 18.9 Å². The Kier molecular flexibility index (Phi) is 6.24. The van der Waals surface area contributed by atoms with Crippen LogP contribution in [0.3, 0.4) is 0 Å². The van der Waals surface area contributed by atoms with Gasteiger partial charge in [0.2, 0.25) is 0 Å². The smallest absolute Gasteiger partial charge is 0.188 e. The van der Waals surface area contributed by atoms with Crippen molar-refractivity contribution in [3.63, 3.8) is 0 Å². The summed E-state index contributed by atoms with van der Waals surface area (Å²) >= 11 is 3.38. The van der Waals surface area contributed by atoms with Crippen LogP contribution in [0.5, 0.6) is 0 Å². The lowest BCUT2D eigenvalue weighted by Gasteiger charge is -2.22. The van der Waals surface area contributed by atoms with Gasteiger partial charge in [0.25, 0.3) is 0 Å². The highest BCUT2D eigenvalue weighted by atomic mass is 79.9. The summed E-state index contributed by atoms with van der Waals surface area (Å²) in [4.78, 5) is 2.05. The zero-order valence-electron chi connectivity index (χ0n) is 11.1. The van der Waals surface area contributed by atoms with E-state index < -0.39 is 12.4 Å². The number of hydrogen-bond acceptors (Lipinski definition) is 5. The summed E-state index contributed by atoms with van der Waals surface area (Å²) < 4.78 is 12.6. The van der Waals surface area contributed by atoms with Gasteiger partial charge in [0.15, 0.2) is 6.29 Å². The van der Waals surface area contributed by atoms with Gasteiger partial charge in [-0.15, -0.1) is 0 Å². The fourth-order valence-corrected chi connectivity index (χ4v) is 2.15. The first-order valence-electron chi connectivity index (χ1n) is 5.60. The van der Waals surface area contributed by atoms with Crippen molar-refractivity contribution in [2.24, 2.45) is 0 Å². The minimum Gasteiger partial charge on any atom is -0.381 e. The summed E-state index contributed by atoms with van der Waals surface area (Å²) in [6, 6.07) is 0. The van der Waals surface area contributed by atoms with Crippen molar-refractivity contribution in [2.75, 3.05) is 34.9 Å². The molecule has 0 bridgehead atoms. The Labute approximate surface area is 116 Å². The van der Waals surface area contributed by atoms with Gasteiger partial charge in [-0.25, -0.2) is 0 Å². The molecule has 6 nitrogen and oxygen atoms in total. The van der Waals surface area contributed by atoms with E-state index in [9.17, 15) is 5.11 Å². The quantitative estimate of drug-likeness (QED) is 0.755. The van der Waals surface area contributed by atoms with E-state index in [1.807, 2.05) is 14.1 Å². The van der Waals surface area contributed by atoms with Gasteiger partial charge in [0, 0.05) is 20.8 Å². The van der Waals surface area contributed by atoms with E-state index in [4.69, 9.17) is 9.47 Å². The lowest BCUT2D eigenvalue weighted by atomic mass is 10.2. The number of ether oxygens (including phenoxy) is 2. The molecular formula is C11H20BrN3O3. The van der Waals surface area contributed by atoms with Crippen LogP contribution in [-0.2, 0) is 16.0 Å². The number of hydrogen-bond donors (Lipinski definition) is 1.